The van der Waals surface area contributed by atoms with Gasteiger partial charge in [-0.1, -0.05) is 18.2 Å². The predicted molar refractivity (Wildman–Crippen MR) is 83.1 cm³/mol. The zero-order chi connectivity index (χ0) is 14.8. The summed E-state index contributed by atoms with van der Waals surface area (Å²) in [6, 6.07) is 6.26. The minimum absolute atomic E-state index is 0.186. The molecule has 0 aliphatic carbocycles. The highest BCUT2D eigenvalue weighted by atomic mass is 16.3. The van der Waals surface area contributed by atoms with Gasteiger partial charge in [-0.3, -0.25) is 4.79 Å². The van der Waals surface area contributed by atoms with Gasteiger partial charge >= 0.3 is 0 Å². The molecule has 1 aromatic carbocycles. The fourth-order valence-corrected chi connectivity index (χ4v) is 3.18. The number of nitrogens with zero attached hydrogens (tertiary/aromatic N) is 1. The second-order valence-corrected chi connectivity index (χ2v) is 5.99. The summed E-state index contributed by atoms with van der Waals surface area (Å²) in [6.07, 6.45) is 4.25. The van der Waals surface area contributed by atoms with Crippen LogP contribution in [0.5, 0.6) is 0 Å². The van der Waals surface area contributed by atoms with Crippen LogP contribution in [0.2, 0.25) is 0 Å². The Balaban J connectivity index is 1.64. The third-order valence-corrected chi connectivity index (χ3v) is 4.51. The fourth-order valence-electron chi connectivity index (χ4n) is 3.18. The van der Waals surface area contributed by atoms with Crippen LogP contribution in [0.1, 0.15) is 24.0 Å². The summed E-state index contributed by atoms with van der Waals surface area (Å²) in [5, 5.41) is 10.4. The lowest BCUT2D eigenvalue weighted by atomic mass is 10.1. The molecule has 1 saturated heterocycles. The molecule has 0 saturated carbocycles. The quantitative estimate of drug-likeness (QED) is 0.905. The number of rotatable bonds is 4. The van der Waals surface area contributed by atoms with Gasteiger partial charge in [0.05, 0.1) is 0 Å². The molecule has 1 fully saturated rings. The van der Waals surface area contributed by atoms with E-state index in [2.05, 4.69) is 30.1 Å². The first-order valence-electron chi connectivity index (χ1n) is 7.63. The van der Waals surface area contributed by atoms with Crippen molar-refractivity contribution in [2.75, 3.05) is 19.7 Å². The highest BCUT2D eigenvalue weighted by Crippen LogP contribution is 2.23. The third-order valence-electron chi connectivity index (χ3n) is 4.51. The van der Waals surface area contributed by atoms with Gasteiger partial charge in [0.2, 0.25) is 5.91 Å². The minimum atomic E-state index is 0.186. The van der Waals surface area contributed by atoms with Gasteiger partial charge in [0.25, 0.3) is 0 Å². The molecule has 1 atom stereocenters. The number of carbonyl (C=O) groups excluding carboxylic acids is 1. The third kappa shape index (κ3) is 2.81. The Bertz CT molecular complexity index is 647. The second kappa shape index (κ2) is 5.90. The highest BCUT2D eigenvalue weighted by molar-refractivity contribution is 5.86. The van der Waals surface area contributed by atoms with Crippen molar-refractivity contribution in [3.05, 3.63) is 35.5 Å². The lowest BCUT2D eigenvalue weighted by Crippen LogP contribution is -2.29. The van der Waals surface area contributed by atoms with E-state index in [4.69, 9.17) is 5.11 Å². The molecular weight excluding hydrogens is 264 g/mol. The van der Waals surface area contributed by atoms with Crippen LogP contribution < -0.4 is 0 Å². The van der Waals surface area contributed by atoms with E-state index < -0.39 is 0 Å². The van der Waals surface area contributed by atoms with E-state index in [0.717, 1.165) is 19.4 Å². The summed E-state index contributed by atoms with van der Waals surface area (Å²) in [4.78, 5) is 17.4. The number of hydrogen-bond donors (Lipinski definition) is 2. The van der Waals surface area contributed by atoms with Crippen LogP contribution in [0.25, 0.3) is 10.9 Å². The average molecular weight is 286 g/mol. The number of H-pyrrole nitrogens is 1. The first kappa shape index (κ1) is 14.1. The van der Waals surface area contributed by atoms with Crippen LogP contribution in [0.4, 0.5) is 0 Å². The van der Waals surface area contributed by atoms with Crippen molar-refractivity contribution < 1.29 is 9.90 Å². The second-order valence-electron chi connectivity index (χ2n) is 5.99. The van der Waals surface area contributed by atoms with E-state index in [1.165, 1.54) is 22.0 Å². The molecule has 4 heteroatoms. The lowest BCUT2D eigenvalue weighted by molar-refractivity contribution is -0.130. The van der Waals surface area contributed by atoms with Crippen molar-refractivity contribution in [1.82, 2.24) is 9.88 Å². The minimum Gasteiger partial charge on any atom is -0.396 e. The van der Waals surface area contributed by atoms with Crippen LogP contribution in [0.15, 0.2) is 24.4 Å². The molecule has 1 aromatic heterocycles. The first-order chi connectivity index (χ1) is 10.2. The summed E-state index contributed by atoms with van der Waals surface area (Å²) in [7, 11) is 0. The number of aryl methyl sites for hydroxylation is 2. The van der Waals surface area contributed by atoms with Gasteiger partial charge in [-0.25, -0.2) is 0 Å². The maximum atomic E-state index is 12.2. The number of aliphatic hydroxyl groups is 1. The molecule has 1 unspecified atom stereocenters. The predicted octanol–water partition coefficient (Wildman–Crippen LogP) is 2.25. The topological polar surface area (TPSA) is 56.3 Å². The standard InChI is InChI=1S/C17H22N2O2/c1-12-3-2-4-15-14(9-18-17(12)15)5-6-16(21)19-8-7-13(10-19)11-20/h2-4,9,13,18,20H,5-8,10-11H2,1H3. The summed E-state index contributed by atoms with van der Waals surface area (Å²) in [6.45, 7) is 3.78. The number of likely N-dealkylation sites (tertiary alicyclic amines) is 1. The van der Waals surface area contributed by atoms with Gasteiger partial charge in [-0.15, -0.1) is 0 Å². The van der Waals surface area contributed by atoms with Gasteiger partial charge in [0.1, 0.15) is 0 Å². The molecule has 3 rings (SSSR count). The molecule has 2 N–H and O–H groups in total. The van der Waals surface area contributed by atoms with Crippen molar-refractivity contribution in [2.24, 2.45) is 5.92 Å². The number of aromatic amines is 1. The molecule has 0 bridgehead atoms. The maximum absolute atomic E-state index is 12.2. The largest absolute Gasteiger partial charge is 0.396 e. The van der Waals surface area contributed by atoms with Crippen LogP contribution in [0.3, 0.4) is 0 Å². The average Bonchev–Trinajstić information content (AvgIpc) is 3.12. The van der Waals surface area contributed by atoms with Gasteiger partial charge in [-0.05, 0) is 30.9 Å². The van der Waals surface area contributed by atoms with E-state index in [1.54, 1.807) is 0 Å². The Morgan fingerprint density at radius 3 is 3.10 bits per heavy atom. The number of aromatic nitrogens is 1. The fraction of sp³-hybridized carbons (Fsp3) is 0.471. The summed E-state index contributed by atoms with van der Waals surface area (Å²) in [5.74, 6) is 0.470. The zero-order valence-corrected chi connectivity index (χ0v) is 12.4. The van der Waals surface area contributed by atoms with Crippen molar-refractivity contribution in [2.45, 2.75) is 26.2 Å². The lowest BCUT2D eigenvalue weighted by Gasteiger charge is -2.15. The van der Waals surface area contributed by atoms with Crippen LogP contribution in [0, 0.1) is 12.8 Å². The number of benzene rings is 1. The van der Waals surface area contributed by atoms with Crippen molar-refractivity contribution >= 4 is 16.8 Å². The van der Waals surface area contributed by atoms with E-state index in [-0.39, 0.29) is 18.4 Å². The zero-order valence-electron chi connectivity index (χ0n) is 12.4. The summed E-state index contributed by atoms with van der Waals surface area (Å²) >= 11 is 0. The number of para-hydroxylation sites is 1. The number of aliphatic hydroxyl groups excluding tert-OH is 1. The molecule has 21 heavy (non-hydrogen) atoms. The number of amides is 1. The van der Waals surface area contributed by atoms with Gasteiger partial charge in [0, 0.05) is 49.1 Å². The molecule has 2 heterocycles. The molecule has 0 radical (unpaired) electrons. The van der Waals surface area contributed by atoms with Gasteiger partial charge in [0.15, 0.2) is 0 Å². The monoisotopic (exact) mass is 286 g/mol. The Morgan fingerprint density at radius 1 is 1.48 bits per heavy atom. The molecule has 4 nitrogen and oxygen atoms in total. The van der Waals surface area contributed by atoms with Crippen molar-refractivity contribution in [3.8, 4) is 0 Å². The molecule has 2 aromatic rings. The Morgan fingerprint density at radius 2 is 2.33 bits per heavy atom. The molecule has 1 aliphatic heterocycles. The SMILES string of the molecule is Cc1cccc2c(CCC(=O)N3CCC(CO)C3)c[nH]c12. The number of nitrogens with one attached hydrogen (secondary N) is 1. The smallest absolute Gasteiger partial charge is 0.222 e. The normalized spacial score (nSPS) is 18.6. The van der Waals surface area contributed by atoms with Crippen molar-refractivity contribution in [1.29, 1.82) is 0 Å². The van der Waals surface area contributed by atoms with Crippen LogP contribution in [-0.4, -0.2) is 40.6 Å². The maximum Gasteiger partial charge on any atom is 0.222 e. The Labute approximate surface area is 124 Å². The first-order valence-corrected chi connectivity index (χ1v) is 7.63. The molecule has 0 spiro atoms. The van der Waals surface area contributed by atoms with E-state index in [0.29, 0.717) is 13.0 Å². The van der Waals surface area contributed by atoms with E-state index in [9.17, 15) is 4.79 Å². The van der Waals surface area contributed by atoms with E-state index >= 15 is 0 Å². The molecule has 1 aliphatic rings. The Kier molecular flexibility index (Phi) is 3.97. The van der Waals surface area contributed by atoms with Gasteiger partial charge < -0.3 is 15.0 Å². The number of fused-ring (bicyclic) bond motifs is 1. The molecule has 112 valence electrons. The highest BCUT2D eigenvalue weighted by Gasteiger charge is 2.25. The molecule has 1 amide bonds. The van der Waals surface area contributed by atoms with Gasteiger partial charge in [-0.2, -0.15) is 0 Å². The number of carbonyl (C=O) groups is 1. The van der Waals surface area contributed by atoms with Crippen LogP contribution in [-0.2, 0) is 11.2 Å². The molecular formula is C17H22N2O2. The summed E-state index contributed by atoms with van der Waals surface area (Å²) < 4.78 is 0. The van der Waals surface area contributed by atoms with Crippen molar-refractivity contribution in [3.63, 3.8) is 0 Å². The number of hydrogen-bond acceptors (Lipinski definition) is 2. The Hall–Kier alpha value is -1.81. The van der Waals surface area contributed by atoms with E-state index in [1.807, 2.05) is 11.1 Å². The van der Waals surface area contributed by atoms with Crippen LogP contribution >= 0.6 is 0 Å². The summed E-state index contributed by atoms with van der Waals surface area (Å²) in [5.41, 5.74) is 3.61.